The molecule has 7 heteroatoms. The fraction of sp³-hybridized carbons (Fsp3) is 0.348. The molecule has 0 unspecified atom stereocenters. The average molecular weight is 410 g/mol. The van der Waals surface area contributed by atoms with Gasteiger partial charge in [0.15, 0.2) is 6.10 Å². The lowest BCUT2D eigenvalue weighted by molar-refractivity contribution is -0.127. The van der Waals surface area contributed by atoms with Crippen molar-refractivity contribution in [3.63, 3.8) is 0 Å². The maximum absolute atomic E-state index is 12.3. The maximum Gasteiger partial charge on any atom is 0.338 e. The number of amides is 3. The number of esters is 1. The maximum atomic E-state index is 12.3. The van der Waals surface area contributed by atoms with Crippen LogP contribution >= 0.6 is 0 Å². The molecule has 0 spiro atoms. The number of aromatic hydroxyl groups is 1. The second kappa shape index (κ2) is 9.91. The van der Waals surface area contributed by atoms with Gasteiger partial charge in [-0.25, -0.2) is 9.59 Å². The van der Waals surface area contributed by atoms with Crippen LogP contribution in [0.3, 0.4) is 0 Å². The average Bonchev–Trinajstić information content (AvgIpc) is 2.75. The summed E-state index contributed by atoms with van der Waals surface area (Å²) in [5.74, 6) is -1.14. The summed E-state index contributed by atoms with van der Waals surface area (Å²) >= 11 is 0. The predicted molar refractivity (Wildman–Crippen MR) is 112 cm³/mol. The Kier molecular flexibility index (Phi) is 7.06. The van der Waals surface area contributed by atoms with Gasteiger partial charge in [-0.05, 0) is 55.2 Å². The van der Waals surface area contributed by atoms with Gasteiger partial charge < -0.3 is 15.2 Å². The molecule has 1 aliphatic carbocycles. The number of imide groups is 1. The third-order valence-corrected chi connectivity index (χ3v) is 5.15. The number of hydrogen-bond acceptors (Lipinski definition) is 5. The van der Waals surface area contributed by atoms with Crippen LogP contribution < -0.4 is 10.6 Å². The zero-order valence-electron chi connectivity index (χ0n) is 16.9. The van der Waals surface area contributed by atoms with Crippen LogP contribution in [-0.2, 0) is 9.53 Å². The van der Waals surface area contributed by atoms with Crippen molar-refractivity contribution in [3.05, 3.63) is 54.1 Å². The van der Waals surface area contributed by atoms with Crippen LogP contribution in [0, 0.1) is 0 Å². The van der Waals surface area contributed by atoms with Gasteiger partial charge in [-0.2, -0.15) is 0 Å². The van der Waals surface area contributed by atoms with Crippen molar-refractivity contribution in [1.29, 1.82) is 0 Å². The molecule has 1 saturated carbocycles. The van der Waals surface area contributed by atoms with Crippen LogP contribution in [0.4, 0.5) is 4.79 Å². The normalized spacial score (nSPS) is 15.1. The molecule has 1 aliphatic rings. The molecule has 0 aromatic heterocycles. The van der Waals surface area contributed by atoms with Gasteiger partial charge in [0.05, 0.1) is 5.56 Å². The van der Waals surface area contributed by atoms with Gasteiger partial charge >= 0.3 is 12.0 Å². The van der Waals surface area contributed by atoms with Gasteiger partial charge in [-0.3, -0.25) is 10.1 Å². The van der Waals surface area contributed by atoms with Crippen LogP contribution in [0.25, 0.3) is 11.1 Å². The minimum atomic E-state index is -1.11. The second-order valence-corrected chi connectivity index (χ2v) is 7.47. The molecule has 2 aromatic carbocycles. The van der Waals surface area contributed by atoms with Crippen LogP contribution in [0.15, 0.2) is 48.5 Å². The third kappa shape index (κ3) is 5.83. The van der Waals surface area contributed by atoms with E-state index in [0.29, 0.717) is 5.56 Å². The highest BCUT2D eigenvalue weighted by atomic mass is 16.5. The highest BCUT2D eigenvalue weighted by Crippen LogP contribution is 2.22. The lowest BCUT2D eigenvalue weighted by Crippen LogP contribution is -2.48. The van der Waals surface area contributed by atoms with Gasteiger partial charge in [-0.1, -0.05) is 43.5 Å². The third-order valence-electron chi connectivity index (χ3n) is 5.15. The number of rotatable bonds is 5. The van der Waals surface area contributed by atoms with Gasteiger partial charge in [0, 0.05) is 6.04 Å². The van der Waals surface area contributed by atoms with Gasteiger partial charge in [-0.15, -0.1) is 0 Å². The number of benzene rings is 2. The monoisotopic (exact) mass is 410 g/mol. The summed E-state index contributed by atoms with van der Waals surface area (Å²) < 4.78 is 5.19. The van der Waals surface area contributed by atoms with Gasteiger partial charge in [0.2, 0.25) is 0 Å². The minimum Gasteiger partial charge on any atom is -0.508 e. The summed E-state index contributed by atoms with van der Waals surface area (Å²) in [6, 6.07) is 12.9. The zero-order chi connectivity index (χ0) is 21.5. The summed E-state index contributed by atoms with van der Waals surface area (Å²) in [5, 5.41) is 14.4. The molecular formula is C23H26N2O5. The molecule has 1 fully saturated rings. The molecule has 0 saturated heterocycles. The van der Waals surface area contributed by atoms with E-state index in [-0.39, 0.29) is 11.8 Å². The number of urea groups is 1. The first-order valence-corrected chi connectivity index (χ1v) is 10.1. The summed E-state index contributed by atoms with van der Waals surface area (Å²) in [4.78, 5) is 36.5. The van der Waals surface area contributed by atoms with Crippen molar-refractivity contribution in [1.82, 2.24) is 10.6 Å². The molecule has 0 radical (unpaired) electrons. The number of carbonyl (C=O) groups excluding carboxylic acids is 3. The highest BCUT2D eigenvalue weighted by molar-refractivity contribution is 5.98. The summed E-state index contributed by atoms with van der Waals surface area (Å²) in [7, 11) is 0. The van der Waals surface area contributed by atoms with E-state index in [1.165, 1.54) is 13.3 Å². The number of hydrogen-bond donors (Lipinski definition) is 3. The summed E-state index contributed by atoms with van der Waals surface area (Å²) in [6.07, 6.45) is 4.02. The number of ether oxygens (including phenoxy) is 1. The van der Waals surface area contributed by atoms with Crippen LogP contribution in [-0.4, -0.2) is 35.2 Å². The Balaban J connectivity index is 1.51. The Labute approximate surface area is 175 Å². The van der Waals surface area contributed by atoms with Crippen molar-refractivity contribution in [2.45, 2.75) is 51.2 Å². The second-order valence-electron chi connectivity index (χ2n) is 7.47. The number of nitrogens with one attached hydrogen (secondary N) is 2. The molecule has 3 N–H and O–H groups in total. The van der Waals surface area contributed by atoms with Crippen LogP contribution in [0.5, 0.6) is 5.75 Å². The SMILES string of the molecule is C[C@H](OC(=O)c1ccc(-c2ccc(O)cc2)cc1)C(=O)NC(=O)NC1CCCCC1. The molecule has 3 rings (SSSR count). The topological polar surface area (TPSA) is 105 Å². The molecule has 30 heavy (non-hydrogen) atoms. The van der Waals surface area contributed by atoms with Crippen molar-refractivity contribution >= 4 is 17.9 Å². The van der Waals surface area contributed by atoms with E-state index in [9.17, 15) is 19.5 Å². The molecule has 0 aliphatic heterocycles. The Morgan fingerprint density at radius 3 is 2.10 bits per heavy atom. The first kappa shape index (κ1) is 21.4. The first-order valence-electron chi connectivity index (χ1n) is 10.1. The van der Waals surface area contributed by atoms with E-state index in [0.717, 1.165) is 36.8 Å². The standard InChI is InChI=1S/C23H26N2O5/c1-15(21(27)25-23(29)24-19-5-3-2-4-6-19)30-22(28)18-9-7-16(8-10-18)17-11-13-20(26)14-12-17/h7-15,19,26H,2-6H2,1H3,(H2,24,25,27,29)/t15-/m0/s1. The zero-order valence-corrected chi connectivity index (χ0v) is 16.9. The largest absolute Gasteiger partial charge is 0.508 e. The molecule has 0 bridgehead atoms. The Morgan fingerprint density at radius 2 is 1.50 bits per heavy atom. The molecule has 0 heterocycles. The van der Waals surface area contributed by atoms with Gasteiger partial charge in [0.25, 0.3) is 5.91 Å². The summed E-state index contributed by atoms with van der Waals surface area (Å²) in [6.45, 7) is 1.42. The van der Waals surface area contributed by atoms with Crippen LogP contribution in [0.1, 0.15) is 49.4 Å². The van der Waals surface area contributed by atoms with Crippen molar-refractivity contribution in [2.75, 3.05) is 0 Å². The van der Waals surface area contributed by atoms with E-state index >= 15 is 0 Å². The fourth-order valence-electron chi connectivity index (χ4n) is 3.42. The Hall–Kier alpha value is -3.35. The van der Waals surface area contributed by atoms with E-state index < -0.39 is 24.0 Å². The quantitative estimate of drug-likeness (QED) is 0.651. The fourth-order valence-corrected chi connectivity index (χ4v) is 3.42. The van der Waals surface area contributed by atoms with E-state index in [1.807, 2.05) is 0 Å². The van der Waals surface area contributed by atoms with E-state index in [4.69, 9.17) is 4.74 Å². The summed E-state index contributed by atoms with van der Waals surface area (Å²) in [5.41, 5.74) is 2.06. The molecule has 3 amide bonds. The molecule has 1 atom stereocenters. The lowest BCUT2D eigenvalue weighted by atomic mass is 9.96. The van der Waals surface area contributed by atoms with Gasteiger partial charge in [0.1, 0.15) is 5.75 Å². The van der Waals surface area contributed by atoms with Crippen molar-refractivity contribution in [2.24, 2.45) is 0 Å². The Bertz CT molecular complexity index is 887. The van der Waals surface area contributed by atoms with Crippen LogP contribution in [0.2, 0.25) is 0 Å². The van der Waals surface area contributed by atoms with E-state index in [1.54, 1.807) is 48.5 Å². The number of phenols is 1. The smallest absolute Gasteiger partial charge is 0.338 e. The molecule has 7 nitrogen and oxygen atoms in total. The minimum absolute atomic E-state index is 0.0801. The molecule has 2 aromatic rings. The Morgan fingerprint density at radius 1 is 0.933 bits per heavy atom. The van der Waals surface area contributed by atoms with Crippen molar-refractivity contribution in [3.8, 4) is 16.9 Å². The molecular weight excluding hydrogens is 384 g/mol. The first-order chi connectivity index (χ1) is 14.4. The van der Waals surface area contributed by atoms with E-state index in [2.05, 4.69) is 10.6 Å². The molecule has 158 valence electrons. The van der Waals surface area contributed by atoms with Crippen molar-refractivity contribution < 1.29 is 24.2 Å². The highest BCUT2D eigenvalue weighted by Gasteiger charge is 2.22. The lowest BCUT2D eigenvalue weighted by Gasteiger charge is -2.23. The predicted octanol–water partition coefficient (Wildman–Crippen LogP) is 3.76. The number of carbonyl (C=O) groups is 3. The number of phenolic OH excluding ortho intramolecular Hbond substituents is 1.